The van der Waals surface area contributed by atoms with Gasteiger partial charge in [-0.3, -0.25) is 0 Å². The first kappa shape index (κ1) is 18.4. The lowest BCUT2D eigenvalue weighted by atomic mass is 10.1. The van der Waals surface area contributed by atoms with Crippen molar-refractivity contribution in [2.75, 3.05) is 11.9 Å². The van der Waals surface area contributed by atoms with Crippen molar-refractivity contribution in [3.8, 4) is 11.4 Å². The molecule has 0 spiro atoms. The van der Waals surface area contributed by atoms with Crippen LogP contribution < -0.4 is 5.32 Å². The summed E-state index contributed by atoms with van der Waals surface area (Å²) < 4.78 is 0. The van der Waals surface area contributed by atoms with E-state index in [4.69, 9.17) is 16.6 Å². The molecule has 0 radical (unpaired) electrons. The van der Waals surface area contributed by atoms with Gasteiger partial charge in [-0.25, -0.2) is 14.8 Å². The van der Waals surface area contributed by atoms with Crippen molar-refractivity contribution in [1.82, 2.24) is 14.9 Å². The number of amides is 2. The maximum absolute atomic E-state index is 12.6. The quantitative estimate of drug-likeness (QED) is 0.686. The Morgan fingerprint density at radius 2 is 1.89 bits per heavy atom. The molecular formula is C22H21ClN4O. The third-order valence-corrected chi connectivity index (χ3v) is 5.19. The number of urea groups is 1. The first-order valence-corrected chi connectivity index (χ1v) is 9.76. The molecule has 1 aromatic heterocycles. The molecule has 1 N–H and O–H groups in total. The van der Waals surface area contributed by atoms with Gasteiger partial charge in [-0.2, -0.15) is 0 Å². The third-order valence-electron chi connectivity index (χ3n) is 4.94. The lowest BCUT2D eigenvalue weighted by Gasteiger charge is -2.28. The van der Waals surface area contributed by atoms with E-state index in [2.05, 4.69) is 17.2 Å². The molecule has 28 heavy (non-hydrogen) atoms. The van der Waals surface area contributed by atoms with Gasteiger partial charge in [0, 0.05) is 41.0 Å². The molecule has 1 aliphatic heterocycles. The summed E-state index contributed by atoms with van der Waals surface area (Å²) in [6, 6.07) is 15.3. The summed E-state index contributed by atoms with van der Waals surface area (Å²) in [7, 11) is 0. The molecular weight excluding hydrogens is 372 g/mol. The van der Waals surface area contributed by atoms with E-state index in [9.17, 15) is 4.79 Å². The summed E-state index contributed by atoms with van der Waals surface area (Å²) in [6.07, 6.45) is 3.51. The van der Waals surface area contributed by atoms with Crippen LogP contribution >= 0.6 is 11.6 Å². The van der Waals surface area contributed by atoms with E-state index in [-0.39, 0.29) is 6.03 Å². The summed E-state index contributed by atoms with van der Waals surface area (Å²) in [5, 5.41) is 3.66. The van der Waals surface area contributed by atoms with Crippen LogP contribution in [0, 0.1) is 0 Å². The number of anilines is 1. The summed E-state index contributed by atoms with van der Waals surface area (Å²) in [5.74, 6) is 0.685. The van der Waals surface area contributed by atoms with Crippen LogP contribution in [0.3, 0.4) is 0 Å². The summed E-state index contributed by atoms with van der Waals surface area (Å²) in [5.41, 5.74) is 4.97. The van der Waals surface area contributed by atoms with Crippen molar-refractivity contribution in [2.45, 2.75) is 26.3 Å². The maximum atomic E-state index is 12.6. The highest BCUT2D eigenvalue weighted by atomic mass is 35.5. The van der Waals surface area contributed by atoms with Gasteiger partial charge in [0.15, 0.2) is 5.82 Å². The van der Waals surface area contributed by atoms with E-state index in [0.29, 0.717) is 30.4 Å². The van der Waals surface area contributed by atoms with Crippen LogP contribution in [0.5, 0.6) is 0 Å². The van der Waals surface area contributed by atoms with Crippen LogP contribution in [0.1, 0.15) is 23.7 Å². The minimum Gasteiger partial charge on any atom is -0.320 e. The monoisotopic (exact) mass is 392 g/mol. The zero-order chi connectivity index (χ0) is 19.5. The normalized spacial score (nSPS) is 13.1. The number of nitrogens with zero attached hydrogens (tertiary/aromatic N) is 3. The molecule has 0 saturated carbocycles. The fourth-order valence-corrected chi connectivity index (χ4v) is 3.38. The molecule has 2 amide bonds. The largest absolute Gasteiger partial charge is 0.322 e. The standard InChI is InChI=1S/C22H21ClN4O/c1-2-15-3-9-19(10-4-15)25-22(28)27-12-11-20-17(14-27)13-24-21(26-20)16-5-7-18(23)8-6-16/h3-10,13H,2,11-12,14H2,1H3,(H,25,28). The average Bonchev–Trinajstić information content (AvgIpc) is 2.74. The molecule has 0 fully saturated rings. The van der Waals surface area contributed by atoms with Crippen LogP contribution in [-0.2, 0) is 19.4 Å². The Balaban J connectivity index is 1.45. The van der Waals surface area contributed by atoms with Gasteiger partial charge >= 0.3 is 6.03 Å². The van der Waals surface area contributed by atoms with Crippen molar-refractivity contribution in [2.24, 2.45) is 0 Å². The van der Waals surface area contributed by atoms with E-state index in [1.165, 1.54) is 5.56 Å². The van der Waals surface area contributed by atoms with Crippen LogP contribution in [0.2, 0.25) is 5.02 Å². The van der Waals surface area contributed by atoms with Crippen molar-refractivity contribution in [1.29, 1.82) is 0 Å². The van der Waals surface area contributed by atoms with Crippen molar-refractivity contribution in [3.05, 3.63) is 76.6 Å². The Hall–Kier alpha value is -2.92. The number of hydrogen-bond acceptors (Lipinski definition) is 3. The van der Waals surface area contributed by atoms with Crippen LogP contribution in [-0.4, -0.2) is 27.4 Å². The highest BCUT2D eigenvalue weighted by Crippen LogP contribution is 2.23. The highest BCUT2D eigenvalue weighted by Gasteiger charge is 2.22. The molecule has 0 unspecified atom stereocenters. The molecule has 5 nitrogen and oxygen atoms in total. The third kappa shape index (κ3) is 3.99. The summed E-state index contributed by atoms with van der Waals surface area (Å²) >= 11 is 5.95. The van der Waals surface area contributed by atoms with Gasteiger partial charge in [0.25, 0.3) is 0 Å². The second-order valence-corrected chi connectivity index (χ2v) is 7.26. The van der Waals surface area contributed by atoms with Crippen LogP contribution in [0.15, 0.2) is 54.7 Å². The van der Waals surface area contributed by atoms with Gasteiger partial charge in [0.2, 0.25) is 0 Å². The Bertz CT molecular complexity index is 986. The number of nitrogens with one attached hydrogen (secondary N) is 1. The van der Waals surface area contributed by atoms with E-state index in [0.717, 1.165) is 28.9 Å². The molecule has 1 aliphatic rings. The number of halogens is 1. The van der Waals surface area contributed by atoms with Gasteiger partial charge in [0.05, 0.1) is 12.2 Å². The number of carbonyl (C=O) groups excluding carboxylic acids is 1. The Kier molecular flexibility index (Phi) is 5.26. The van der Waals surface area contributed by atoms with Crippen molar-refractivity contribution in [3.63, 3.8) is 0 Å². The molecule has 0 saturated heterocycles. The SMILES string of the molecule is CCc1ccc(NC(=O)N2CCc3nc(-c4ccc(Cl)cc4)ncc3C2)cc1. The molecule has 4 rings (SSSR count). The Labute approximate surface area is 169 Å². The van der Waals surface area contributed by atoms with Crippen molar-refractivity contribution < 1.29 is 4.79 Å². The van der Waals surface area contributed by atoms with E-state index < -0.39 is 0 Å². The molecule has 0 aliphatic carbocycles. The smallest absolute Gasteiger partial charge is 0.320 e. The van der Waals surface area contributed by atoms with E-state index in [1.54, 1.807) is 4.90 Å². The minimum atomic E-state index is -0.100. The molecule has 2 aromatic carbocycles. The van der Waals surface area contributed by atoms with Gasteiger partial charge in [-0.1, -0.05) is 30.7 Å². The minimum absolute atomic E-state index is 0.100. The number of rotatable bonds is 3. The van der Waals surface area contributed by atoms with Gasteiger partial charge in [0.1, 0.15) is 0 Å². The van der Waals surface area contributed by atoms with Crippen LogP contribution in [0.25, 0.3) is 11.4 Å². The van der Waals surface area contributed by atoms with Crippen LogP contribution in [0.4, 0.5) is 10.5 Å². The molecule has 142 valence electrons. The highest BCUT2D eigenvalue weighted by molar-refractivity contribution is 6.30. The number of carbonyl (C=O) groups is 1. The molecule has 3 aromatic rings. The average molecular weight is 393 g/mol. The fraction of sp³-hybridized carbons (Fsp3) is 0.227. The fourth-order valence-electron chi connectivity index (χ4n) is 3.25. The first-order valence-electron chi connectivity index (χ1n) is 9.38. The zero-order valence-electron chi connectivity index (χ0n) is 15.7. The molecule has 6 heteroatoms. The Morgan fingerprint density at radius 3 is 2.61 bits per heavy atom. The number of aromatic nitrogens is 2. The predicted octanol–water partition coefficient (Wildman–Crippen LogP) is 4.95. The maximum Gasteiger partial charge on any atom is 0.322 e. The second kappa shape index (κ2) is 7.98. The number of hydrogen-bond donors (Lipinski definition) is 1. The van der Waals surface area contributed by atoms with E-state index >= 15 is 0 Å². The predicted molar refractivity (Wildman–Crippen MR) is 111 cm³/mol. The van der Waals surface area contributed by atoms with Gasteiger partial charge in [-0.15, -0.1) is 0 Å². The summed E-state index contributed by atoms with van der Waals surface area (Å²) in [6.45, 7) is 3.25. The molecule has 2 heterocycles. The van der Waals surface area contributed by atoms with Gasteiger partial charge in [-0.05, 0) is 48.4 Å². The number of fused-ring (bicyclic) bond motifs is 1. The topological polar surface area (TPSA) is 58.1 Å². The lowest BCUT2D eigenvalue weighted by Crippen LogP contribution is -2.39. The number of benzene rings is 2. The second-order valence-electron chi connectivity index (χ2n) is 6.82. The zero-order valence-corrected chi connectivity index (χ0v) is 16.4. The first-order chi connectivity index (χ1) is 13.6. The van der Waals surface area contributed by atoms with Crippen molar-refractivity contribution >= 4 is 23.3 Å². The summed E-state index contributed by atoms with van der Waals surface area (Å²) in [4.78, 5) is 23.6. The molecule has 0 atom stereocenters. The van der Waals surface area contributed by atoms with Gasteiger partial charge < -0.3 is 10.2 Å². The Morgan fingerprint density at radius 1 is 1.14 bits per heavy atom. The lowest BCUT2D eigenvalue weighted by molar-refractivity contribution is 0.206. The van der Waals surface area contributed by atoms with E-state index in [1.807, 2.05) is 54.7 Å². The molecule has 0 bridgehead atoms. The number of aryl methyl sites for hydroxylation is 1.